The molecule has 0 bridgehead atoms. The van der Waals surface area contributed by atoms with Gasteiger partial charge in [0.25, 0.3) is 0 Å². The molecule has 2 N–H and O–H groups in total. The average Bonchev–Trinajstić information content (AvgIpc) is 2.59. The van der Waals surface area contributed by atoms with Crippen molar-refractivity contribution < 1.29 is 15.0 Å². The predicted molar refractivity (Wildman–Crippen MR) is 53.9 cm³/mol. The number of aromatic carboxylic acids is 1. The first kappa shape index (κ1) is 9.68. The Bertz CT molecular complexity index is 379. The zero-order chi connectivity index (χ0) is 10.3. The molecule has 4 heteroatoms. The highest BCUT2D eigenvalue weighted by molar-refractivity contribution is 7.14. The van der Waals surface area contributed by atoms with E-state index in [4.69, 9.17) is 5.11 Å². The van der Waals surface area contributed by atoms with Crippen molar-refractivity contribution >= 4 is 17.3 Å². The number of aliphatic hydroxyl groups excluding tert-OH is 1. The number of carboxylic acid groups (broad SMARTS) is 1. The van der Waals surface area contributed by atoms with Gasteiger partial charge in [0.2, 0.25) is 0 Å². The van der Waals surface area contributed by atoms with Crippen LogP contribution < -0.4 is 0 Å². The van der Waals surface area contributed by atoms with E-state index in [1.807, 2.05) is 0 Å². The van der Waals surface area contributed by atoms with Crippen LogP contribution >= 0.6 is 11.3 Å². The summed E-state index contributed by atoms with van der Waals surface area (Å²) in [4.78, 5) is 12.2. The number of carboxylic acids is 1. The lowest BCUT2D eigenvalue weighted by molar-refractivity contribution is 0.0701. The quantitative estimate of drug-likeness (QED) is 0.788. The third-order valence-corrected chi connectivity index (χ3v) is 4.01. The Morgan fingerprint density at radius 1 is 1.43 bits per heavy atom. The third kappa shape index (κ3) is 1.35. The molecule has 0 saturated carbocycles. The van der Waals surface area contributed by atoms with Gasteiger partial charge in [-0.3, -0.25) is 0 Å². The molecule has 0 saturated heterocycles. The molecule has 1 aliphatic carbocycles. The van der Waals surface area contributed by atoms with Crippen LogP contribution in [-0.2, 0) is 12.8 Å². The summed E-state index contributed by atoms with van der Waals surface area (Å²) in [5.41, 5.74) is 2.04. The van der Waals surface area contributed by atoms with E-state index >= 15 is 0 Å². The minimum atomic E-state index is -0.861. The molecule has 1 unspecified atom stereocenters. The van der Waals surface area contributed by atoms with Crippen LogP contribution in [0.3, 0.4) is 0 Å². The second-order valence-electron chi connectivity index (χ2n) is 3.59. The van der Waals surface area contributed by atoms with Crippen molar-refractivity contribution in [2.24, 2.45) is 0 Å². The van der Waals surface area contributed by atoms with Crippen molar-refractivity contribution in [3.05, 3.63) is 20.9 Å². The predicted octanol–water partition coefficient (Wildman–Crippen LogP) is 1.99. The highest BCUT2D eigenvalue weighted by Crippen LogP contribution is 2.38. The maximum Gasteiger partial charge on any atom is 0.346 e. The monoisotopic (exact) mass is 212 g/mol. The molecule has 1 heterocycles. The second-order valence-corrected chi connectivity index (χ2v) is 4.64. The molecule has 1 aliphatic rings. The second kappa shape index (κ2) is 3.37. The zero-order valence-electron chi connectivity index (χ0n) is 7.91. The van der Waals surface area contributed by atoms with Gasteiger partial charge < -0.3 is 10.2 Å². The van der Waals surface area contributed by atoms with Gasteiger partial charge >= 0.3 is 5.97 Å². The summed E-state index contributed by atoms with van der Waals surface area (Å²) in [6.45, 7) is 1.69. The SMILES string of the molecule is CC(O)c1sc(C(=O)O)c2c1CCC2. The fourth-order valence-corrected chi connectivity index (χ4v) is 3.18. The van der Waals surface area contributed by atoms with E-state index in [2.05, 4.69) is 0 Å². The molecule has 0 aromatic carbocycles. The van der Waals surface area contributed by atoms with E-state index < -0.39 is 12.1 Å². The minimum Gasteiger partial charge on any atom is -0.477 e. The summed E-state index contributed by atoms with van der Waals surface area (Å²) < 4.78 is 0. The molecule has 76 valence electrons. The van der Waals surface area contributed by atoms with Crippen molar-refractivity contribution in [3.63, 3.8) is 0 Å². The van der Waals surface area contributed by atoms with Gasteiger partial charge in [0.05, 0.1) is 6.10 Å². The van der Waals surface area contributed by atoms with Crippen LogP contribution in [0, 0.1) is 0 Å². The summed E-state index contributed by atoms with van der Waals surface area (Å²) in [5, 5.41) is 18.5. The largest absolute Gasteiger partial charge is 0.477 e. The van der Waals surface area contributed by atoms with Crippen molar-refractivity contribution in [2.75, 3.05) is 0 Å². The summed E-state index contributed by atoms with van der Waals surface area (Å²) in [5.74, 6) is -0.861. The van der Waals surface area contributed by atoms with Crippen LogP contribution in [0.1, 0.15) is 45.1 Å². The van der Waals surface area contributed by atoms with Gasteiger partial charge in [0.15, 0.2) is 0 Å². The Hall–Kier alpha value is -0.870. The topological polar surface area (TPSA) is 57.5 Å². The van der Waals surface area contributed by atoms with Crippen LogP contribution in [0.4, 0.5) is 0 Å². The first-order chi connectivity index (χ1) is 6.61. The Balaban J connectivity index is 2.55. The zero-order valence-corrected chi connectivity index (χ0v) is 8.73. The Labute approximate surface area is 86.0 Å². The summed E-state index contributed by atoms with van der Waals surface area (Å²) in [6, 6.07) is 0. The standard InChI is InChI=1S/C10H12O3S/c1-5(11)8-6-3-2-4-7(6)9(14-8)10(12)13/h5,11H,2-4H2,1H3,(H,12,13). The molecule has 14 heavy (non-hydrogen) atoms. The molecule has 0 fully saturated rings. The molecule has 0 radical (unpaired) electrons. The van der Waals surface area contributed by atoms with Crippen LogP contribution in [0.2, 0.25) is 0 Å². The molecule has 0 amide bonds. The molecule has 2 rings (SSSR count). The molecule has 1 aromatic rings. The van der Waals surface area contributed by atoms with Crippen molar-refractivity contribution in [2.45, 2.75) is 32.3 Å². The lowest BCUT2D eigenvalue weighted by atomic mass is 10.1. The third-order valence-electron chi connectivity index (χ3n) is 2.58. The fraction of sp³-hybridized carbons (Fsp3) is 0.500. The number of fused-ring (bicyclic) bond motifs is 1. The van der Waals surface area contributed by atoms with Gasteiger partial charge in [-0.1, -0.05) is 0 Å². The van der Waals surface area contributed by atoms with E-state index in [0.717, 1.165) is 35.3 Å². The lowest BCUT2D eigenvalue weighted by Crippen LogP contribution is -1.95. The van der Waals surface area contributed by atoms with E-state index in [9.17, 15) is 9.90 Å². The van der Waals surface area contributed by atoms with Gasteiger partial charge in [-0.25, -0.2) is 4.79 Å². The molecule has 3 nitrogen and oxygen atoms in total. The number of rotatable bonds is 2. The normalized spacial score (nSPS) is 16.7. The summed E-state index contributed by atoms with van der Waals surface area (Å²) >= 11 is 1.23. The molecular formula is C10H12O3S. The van der Waals surface area contributed by atoms with Crippen molar-refractivity contribution in [1.82, 2.24) is 0 Å². The Morgan fingerprint density at radius 2 is 2.07 bits per heavy atom. The van der Waals surface area contributed by atoms with Crippen molar-refractivity contribution in [3.8, 4) is 0 Å². The van der Waals surface area contributed by atoms with Crippen molar-refractivity contribution in [1.29, 1.82) is 0 Å². The first-order valence-electron chi connectivity index (χ1n) is 4.67. The van der Waals surface area contributed by atoms with E-state index in [1.165, 1.54) is 11.3 Å². The minimum absolute atomic E-state index is 0.424. The molecule has 1 aromatic heterocycles. The highest BCUT2D eigenvalue weighted by Gasteiger charge is 2.27. The van der Waals surface area contributed by atoms with E-state index in [1.54, 1.807) is 6.92 Å². The average molecular weight is 212 g/mol. The Morgan fingerprint density at radius 3 is 2.64 bits per heavy atom. The number of carbonyl (C=O) groups is 1. The highest BCUT2D eigenvalue weighted by atomic mass is 32.1. The number of hydrogen-bond donors (Lipinski definition) is 2. The van der Waals surface area contributed by atoms with E-state index in [-0.39, 0.29) is 0 Å². The molecule has 0 aliphatic heterocycles. The van der Waals surface area contributed by atoms with Crippen LogP contribution in [0.15, 0.2) is 0 Å². The van der Waals surface area contributed by atoms with Crippen LogP contribution in [0.25, 0.3) is 0 Å². The summed E-state index contributed by atoms with van der Waals surface area (Å²) in [6.07, 6.45) is 2.23. The van der Waals surface area contributed by atoms with Gasteiger partial charge in [0, 0.05) is 4.88 Å². The molecular weight excluding hydrogens is 200 g/mol. The van der Waals surface area contributed by atoms with Gasteiger partial charge in [-0.05, 0) is 37.3 Å². The van der Waals surface area contributed by atoms with Crippen LogP contribution in [0.5, 0.6) is 0 Å². The molecule has 1 atom stereocenters. The van der Waals surface area contributed by atoms with E-state index in [0.29, 0.717) is 4.88 Å². The summed E-state index contributed by atoms with van der Waals surface area (Å²) in [7, 11) is 0. The lowest BCUT2D eigenvalue weighted by Gasteiger charge is -2.02. The van der Waals surface area contributed by atoms with Crippen LogP contribution in [-0.4, -0.2) is 16.2 Å². The van der Waals surface area contributed by atoms with Gasteiger partial charge in [-0.2, -0.15) is 0 Å². The first-order valence-corrected chi connectivity index (χ1v) is 5.48. The molecule has 0 spiro atoms. The number of hydrogen-bond acceptors (Lipinski definition) is 3. The number of thiophene rings is 1. The Kier molecular flexibility index (Phi) is 2.33. The fourth-order valence-electron chi connectivity index (χ4n) is 2.01. The van der Waals surface area contributed by atoms with Gasteiger partial charge in [0.1, 0.15) is 4.88 Å². The smallest absolute Gasteiger partial charge is 0.346 e. The maximum atomic E-state index is 10.9. The number of aliphatic hydroxyl groups is 1. The van der Waals surface area contributed by atoms with Gasteiger partial charge in [-0.15, -0.1) is 11.3 Å². The maximum absolute atomic E-state index is 10.9.